The number of ether oxygens (including phenoxy) is 6. The maximum absolute atomic E-state index is 16.1. The summed E-state index contributed by atoms with van der Waals surface area (Å²) < 4.78 is 62.9. The molecule has 7 aliphatic rings. The Morgan fingerprint density at radius 2 is 1.28 bits per heavy atom. The number of aliphatic carboxylic acids is 1. The summed E-state index contributed by atoms with van der Waals surface area (Å²) in [5.74, 6) is -20.0. The van der Waals surface area contributed by atoms with Crippen LogP contribution in [0.25, 0.3) is 11.1 Å². The minimum atomic E-state index is -5.76. The number of benzene rings is 5. The van der Waals surface area contributed by atoms with Gasteiger partial charge >= 0.3 is 21.2 Å². The molecule has 612 valence electrons. The smallest absolute Gasteiger partial charge is 0.341 e. The van der Waals surface area contributed by atoms with Crippen molar-refractivity contribution in [2.75, 3.05) is 13.7 Å². The van der Waals surface area contributed by atoms with Crippen LogP contribution in [0.5, 0.6) is 46.0 Å². The molecule has 0 unspecified atom stereocenters. The largest absolute Gasteiger partial charge is 0.508 e. The summed E-state index contributed by atoms with van der Waals surface area (Å²) >= 11 is 14.1. The van der Waals surface area contributed by atoms with Crippen LogP contribution in [0.1, 0.15) is 112 Å². The molecule has 113 heavy (non-hydrogen) atoms. The molecule has 5 aromatic carbocycles. The number of nitrogens with one attached hydrogen (secondary N) is 6. The zero-order valence-corrected chi connectivity index (χ0v) is 63.3. The minimum Gasteiger partial charge on any atom is -0.508 e. The number of carboxylic acid groups (broad SMARTS) is 1. The van der Waals surface area contributed by atoms with Gasteiger partial charge in [-0.2, -0.15) is 0 Å². The first-order chi connectivity index (χ1) is 52.8. The number of rotatable bonds is 17. The number of nitrogens with zero attached hydrogens (tertiary/aromatic N) is 1. The van der Waals surface area contributed by atoms with Gasteiger partial charge in [-0.25, -0.2) is 4.79 Å². The number of fused-ring (bicyclic) bond motifs is 15. The topological polar surface area (TPSA) is 654 Å². The van der Waals surface area contributed by atoms with E-state index < -0.39 is 298 Å². The normalized spacial score (nSPS) is 27.9. The SMILES string of the molecule is CC(C)C[C@H](C(=O)N[C@H]1C(=O)N[C@@H](CC(N)=O)C(=O)N[C@H]2C(=O)N[C@H]3C(=O)N[C@H](C(=O)N[C@H](C(=O)O)c4cc(O)cc(O)c4-c4cc3ccc4O)[C@H](O)c3ccc(c(Cl)c3)Oc3cc2cc(c3O[C@@H]2O[C@H](CO)[C@@H](O)[C@H](O)[C@H]2O[C@H]2C[C@](C)(N)[C@H](O)[C@H](C)O2)Oc2ccc(cc2Cl)[C@H]1O)N(C)C(=O)CC(P(=O)(O)O)P(=O)(O)O. The number of aliphatic hydroxyl groups excluding tert-OH is 6. The number of likely N-dealkylation sites (N-methyl/N-ethyl adjacent to an activating group) is 1. The second-order valence-electron chi connectivity index (χ2n) is 28.3. The molecule has 2 saturated heterocycles. The molecule has 12 rings (SSSR count). The molecule has 8 amide bonds. The third-order valence-electron chi connectivity index (χ3n) is 19.4. The third kappa shape index (κ3) is 18.9. The number of carbonyl (C=O) groups is 9. The molecule has 0 saturated carbocycles. The van der Waals surface area contributed by atoms with E-state index in [4.69, 9.17) is 63.1 Å². The summed E-state index contributed by atoms with van der Waals surface area (Å²) in [7, 11) is -10.6. The summed E-state index contributed by atoms with van der Waals surface area (Å²) in [4.78, 5) is 173. The zero-order valence-electron chi connectivity index (χ0n) is 60.0. The summed E-state index contributed by atoms with van der Waals surface area (Å²) in [6, 6.07) is -3.60. The number of amides is 8. The molecule has 0 spiro atoms. The molecule has 0 aliphatic carbocycles. The lowest BCUT2D eigenvalue weighted by atomic mass is 9.86. The number of carbonyl (C=O) groups excluding carboxylic acids is 8. The van der Waals surface area contributed by atoms with Gasteiger partial charge < -0.3 is 147 Å². The van der Waals surface area contributed by atoms with E-state index >= 15 is 19.2 Å². The number of aliphatic hydroxyl groups is 6. The van der Waals surface area contributed by atoms with Crippen LogP contribution in [0.15, 0.2) is 78.9 Å². The number of phenols is 3. The van der Waals surface area contributed by atoms with E-state index in [1.165, 1.54) is 27.7 Å². The van der Waals surface area contributed by atoms with Crippen LogP contribution in [-0.2, 0) is 66.5 Å². The monoisotopic (exact) mass is 1660 g/mol. The number of phenolic OH excluding ortho intramolecular Hbond substituents is 3. The van der Waals surface area contributed by atoms with E-state index in [-0.39, 0.29) is 18.4 Å². The summed E-state index contributed by atoms with van der Waals surface area (Å²) in [6.45, 7) is 4.95. The molecular weight excluding hydrogens is 1580 g/mol. The summed E-state index contributed by atoms with van der Waals surface area (Å²) in [5, 5.41) is 125. The Hall–Kier alpha value is -9.39. The van der Waals surface area contributed by atoms with E-state index in [1.54, 1.807) is 0 Å². The van der Waals surface area contributed by atoms with Crippen LogP contribution in [0.3, 0.4) is 0 Å². The van der Waals surface area contributed by atoms with Gasteiger partial charge in [0.05, 0.1) is 41.7 Å². The molecule has 24 N–H and O–H groups in total. The Balaban J connectivity index is 1.21. The fourth-order valence-electron chi connectivity index (χ4n) is 13.5. The van der Waals surface area contributed by atoms with Crippen LogP contribution in [0.4, 0.5) is 0 Å². The number of hydrogen-bond acceptors (Lipinski definition) is 27. The Kier molecular flexibility index (Phi) is 25.9. The number of carboxylic acids is 1. The number of halogens is 2. The van der Waals surface area contributed by atoms with E-state index in [2.05, 4.69) is 31.9 Å². The highest BCUT2D eigenvalue weighted by molar-refractivity contribution is 7.70. The Bertz CT molecular complexity index is 4660. The fourth-order valence-corrected chi connectivity index (χ4v) is 16.3. The first-order valence-electron chi connectivity index (χ1n) is 34.4. The maximum Gasteiger partial charge on any atom is 0.341 e. The van der Waals surface area contributed by atoms with Crippen molar-refractivity contribution in [2.24, 2.45) is 17.4 Å². The van der Waals surface area contributed by atoms with Gasteiger partial charge in [0.2, 0.25) is 59.3 Å². The number of primary amides is 1. The molecule has 2 fully saturated rings. The van der Waals surface area contributed by atoms with Crippen molar-refractivity contribution < 1.29 is 151 Å². The fraction of sp³-hybridized carbons (Fsp3) is 0.435. The predicted molar refractivity (Wildman–Crippen MR) is 385 cm³/mol. The molecule has 44 heteroatoms. The standard InChI is InChI=1S/C69H81Cl2N9O31P2/c1-24(2)12-36(80(5)45(86)21-47(112(100,101)102)113(103,104)105)62(93)78-52-54(87)27-7-10-39(33(70)14-27)107-41-16-29-17-42(58(41)111-68-59(57(90)56(89)43(23-81)109-68)110-46-22-69(4,73)60(91)25(3)106-46)108-40-11-8-28(15-34(40)71)55(88)53-66(97)77-51(67(98)99)32-18-30(82)19-38(84)48(32)31-13-26(6-9-37(31)83)49(63(94)79-53)76-64(95)50(29)75-61(92)35(20-44(72)85)74-65(52)96/h6-11,13-19,24-25,35-36,43,46-47,49-57,59-60,68,81-84,87-91H,12,20-23,73H2,1-5H3,(H2,72,85)(H,74,96)(H,75,92)(H,76,95)(H,77,97)(H,78,93)(H,79,94)(H,98,99)(H2,100,101,102)(H2,103,104,105)/t25-,35-,36+,43+,46-,49+,50+,51-,52+,53-,54+,55+,56+,57-,59+,60+,68-,69-/m0/s1. The molecule has 7 heterocycles. The highest BCUT2D eigenvalue weighted by Crippen LogP contribution is 2.61. The highest BCUT2D eigenvalue weighted by atomic mass is 35.5. The van der Waals surface area contributed by atoms with Crippen LogP contribution in [0, 0.1) is 5.92 Å². The van der Waals surface area contributed by atoms with Gasteiger partial charge in [0, 0.05) is 41.8 Å². The van der Waals surface area contributed by atoms with Gasteiger partial charge in [0.15, 0.2) is 35.3 Å². The van der Waals surface area contributed by atoms with E-state index in [0.29, 0.717) is 4.90 Å². The van der Waals surface area contributed by atoms with Gasteiger partial charge in [0.25, 0.3) is 0 Å². The molecule has 7 aliphatic heterocycles. The van der Waals surface area contributed by atoms with Crippen LogP contribution in [0.2, 0.25) is 10.0 Å². The summed E-state index contributed by atoms with van der Waals surface area (Å²) in [5.41, 5.74) is 7.29. The van der Waals surface area contributed by atoms with Gasteiger partial charge in [-0.3, -0.25) is 47.5 Å². The lowest BCUT2D eigenvalue weighted by molar-refractivity contribution is -0.333. The quantitative estimate of drug-likeness (QED) is 0.0518. The zero-order chi connectivity index (χ0) is 83.3. The van der Waals surface area contributed by atoms with Crippen molar-refractivity contribution in [2.45, 2.75) is 168 Å². The Morgan fingerprint density at radius 1 is 0.708 bits per heavy atom. The second kappa shape index (κ2) is 34.0. The van der Waals surface area contributed by atoms with Crippen molar-refractivity contribution in [3.8, 4) is 57.1 Å². The molecule has 0 radical (unpaired) electrons. The average Bonchev–Trinajstić information content (AvgIpc) is 0.899. The molecule has 5 aromatic rings. The van der Waals surface area contributed by atoms with Gasteiger partial charge in [0.1, 0.15) is 95.5 Å². The van der Waals surface area contributed by atoms with Gasteiger partial charge in [-0.1, -0.05) is 55.2 Å². The number of hydrogen-bond donors (Lipinski definition) is 22. The van der Waals surface area contributed by atoms with Crippen LogP contribution >= 0.6 is 38.4 Å². The van der Waals surface area contributed by atoms with E-state index in [1.807, 2.05) is 0 Å². The van der Waals surface area contributed by atoms with Crippen molar-refractivity contribution >= 4 is 91.6 Å². The van der Waals surface area contributed by atoms with Crippen molar-refractivity contribution in [1.82, 2.24) is 36.8 Å². The lowest BCUT2D eigenvalue weighted by Gasteiger charge is -2.47. The lowest BCUT2D eigenvalue weighted by Crippen LogP contribution is -2.64. The second-order valence-corrected chi connectivity index (χ2v) is 33.1. The van der Waals surface area contributed by atoms with Crippen molar-refractivity contribution in [3.05, 3.63) is 117 Å². The molecule has 0 aromatic heterocycles. The first kappa shape index (κ1) is 86.0. The maximum atomic E-state index is 16.1. The molecule has 18 atom stereocenters. The molecule has 11 bridgehead atoms. The Labute approximate surface area is 649 Å². The van der Waals surface area contributed by atoms with E-state index in [9.17, 15) is 104 Å². The molecular formula is C69H81Cl2N9O31P2. The summed E-state index contributed by atoms with van der Waals surface area (Å²) in [6.07, 6.45) is -21.9. The Morgan fingerprint density at radius 3 is 1.84 bits per heavy atom. The number of aromatic hydroxyl groups is 3. The van der Waals surface area contributed by atoms with Crippen molar-refractivity contribution in [3.63, 3.8) is 0 Å². The van der Waals surface area contributed by atoms with Crippen LogP contribution < -0.4 is 57.6 Å². The van der Waals surface area contributed by atoms with E-state index in [0.717, 1.165) is 85.9 Å². The predicted octanol–water partition coefficient (Wildman–Crippen LogP) is -0.583. The number of nitrogens with two attached hydrogens (primary N) is 2. The minimum absolute atomic E-state index is 0.303. The molecule has 40 nitrogen and oxygen atoms in total. The first-order valence-corrected chi connectivity index (χ1v) is 38.5. The third-order valence-corrected chi connectivity index (χ3v) is 23.7. The average molecular weight is 1670 g/mol. The highest BCUT2D eigenvalue weighted by Gasteiger charge is 2.52. The van der Waals surface area contributed by atoms with Gasteiger partial charge in [-0.15, -0.1) is 0 Å². The van der Waals surface area contributed by atoms with Crippen LogP contribution in [-0.4, -0.2) is 227 Å². The van der Waals surface area contributed by atoms with Crippen molar-refractivity contribution in [1.29, 1.82) is 0 Å². The van der Waals surface area contributed by atoms with Gasteiger partial charge in [-0.05, 0) is 103 Å².